The molecule has 0 saturated carbocycles. The number of rotatable bonds is 3. The van der Waals surface area contributed by atoms with Gasteiger partial charge in [0.05, 0.1) is 23.5 Å². The van der Waals surface area contributed by atoms with Gasteiger partial charge in [0.25, 0.3) is 5.91 Å². The number of hydrogen-bond donors (Lipinski definition) is 2. The zero-order valence-electron chi connectivity index (χ0n) is 16.0. The van der Waals surface area contributed by atoms with Crippen molar-refractivity contribution in [3.63, 3.8) is 0 Å². The lowest BCUT2D eigenvalue weighted by Gasteiger charge is -2.05. The van der Waals surface area contributed by atoms with Gasteiger partial charge in [-0.2, -0.15) is 23.4 Å². The van der Waals surface area contributed by atoms with Crippen molar-refractivity contribution >= 4 is 5.91 Å². The second kappa shape index (κ2) is 7.83. The van der Waals surface area contributed by atoms with Crippen molar-refractivity contribution < 1.29 is 18.0 Å². The van der Waals surface area contributed by atoms with Gasteiger partial charge in [0.1, 0.15) is 5.69 Å². The van der Waals surface area contributed by atoms with Crippen molar-refractivity contribution in [2.45, 2.75) is 20.0 Å². The van der Waals surface area contributed by atoms with Gasteiger partial charge in [-0.1, -0.05) is 17.9 Å². The molecule has 2 heterocycles. The Morgan fingerprint density at radius 3 is 2.69 bits per heavy atom. The van der Waals surface area contributed by atoms with E-state index >= 15 is 0 Å². The molecule has 9 heteroatoms. The van der Waals surface area contributed by atoms with Gasteiger partial charge >= 0.3 is 6.18 Å². The van der Waals surface area contributed by atoms with E-state index in [9.17, 15) is 18.0 Å². The average Bonchev–Trinajstić information content (AvgIpc) is 3.23. The highest BCUT2D eigenvalue weighted by Crippen LogP contribution is 2.29. The lowest BCUT2D eigenvalue weighted by molar-refractivity contribution is -0.137. The molecular formula is C20H18F3N5O. The number of aryl methyl sites for hydroxylation is 2. The first-order valence-corrected chi connectivity index (χ1v) is 8.67. The number of H-pyrrole nitrogens is 1. The second-order valence-corrected chi connectivity index (χ2v) is 6.40. The number of aromatic nitrogens is 4. The quantitative estimate of drug-likeness (QED) is 0.662. The molecule has 3 rings (SSSR count). The van der Waals surface area contributed by atoms with Gasteiger partial charge in [0, 0.05) is 23.9 Å². The molecule has 3 aromatic rings. The van der Waals surface area contributed by atoms with Gasteiger partial charge < -0.3 is 5.32 Å². The van der Waals surface area contributed by atoms with Crippen LogP contribution < -0.4 is 5.32 Å². The number of halogens is 3. The summed E-state index contributed by atoms with van der Waals surface area (Å²) in [6.45, 7) is 3.75. The van der Waals surface area contributed by atoms with Crippen LogP contribution in [0.5, 0.6) is 0 Å². The molecule has 0 fully saturated rings. The van der Waals surface area contributed by atoms with Crippen LogP contribution in [0.3, 0.4) is 0 Å². The van der Waals surface area contributed by atoms with Crippen LogP contribution >= 0.6 is 0 Å². The van der Waals surface area contributed by atoms with E-state index in [1.807, 2.05) is 20.9 Å². The summed E-state index contributed by atoms with van der Waals surface area (Å²) in [6.07, 6.45) is -4.42. The van der Waals surface area contributed by atoms with E-state index in [1.54, 1.807) is 10.7 Å². The molecule has 0 aliphatic rings. The van der Waals surface area contributed by atoms with Gasteiger partial charge in [-0.05, 0) is 38.1 Å². The Labute approximate surface area is 165 Å². The number of hydrogen-bond acceptors (Lipinski definition) is 3. The van der Waals surface area contributed by atoms with E-state index < -0.39 is 17.6 Å². The van der Waals surface area contributed by atoms with Crippen molar-refractivity contribution in [1.82, 2.24) is 25.3 Å². The van der Waals surface area contributed by atoms with Crippen molar-refractivity contribution in [2.24, 2.45) is 7.05 Å². The maximum atomic E-state index is 12.7. The third kappa shape index (κ3) is 4.48. The fourth-order valence-electron chi connectivity index (χ4n) is 2.85. The van der Waals surface area contributed by atoms with Gasteiger partial charge in [-0.15, -0.1) is 0 Å². The van der Waals surface area contributed by atoms with Crippen molar-refractivity contribution in [3.8, 4) is 23.1 Å². The van der Waals surface area contributed by atoms with Crippen LogP contribution in [-0.2, 0) is 13.2 Å². The SMILES string of the molecule is Cc1nn(C)c(C)c1-c1cc(C(=O)NCC#Cc2cccc(C(F)(F)F)c2)[nH]n1. The molecule has 0 radical (unpaired) electrons. The van der Waals surface area contributed by atoms with Crippen LogP contribution in [-0.4, -0.2) is 32.4 Å². The highest BCUT2D eigenvalue weighted by atomic mass is 19.4. The standard InChI is InChI=1S/C20H18F3N5O/c1-12-18(13(2)28(3)27-12)16-11-17(26-25-16)19(29)24-9-5-7-14-6-4-8-15(10-14)20(21,22)23/h4,6,8,10-11H,9H2,1-3H3,(H,24,29)(H,25,26). The fraction of sp³-hybridized carbons (Fsp3) is 0.250. The van der Waals surface area contributed by atoms with Crippen LogP contribution in [0.25, 0.3) is 11.3 Å². The second-order valence-electron chi connectivity index (χ2n) is 6.40. The summed E-state index contributed by atoms with van der Waals surface area (Å²) in [6, 6.07) is 6.33. The molecular weight excluding hydrogens is 383 g/mol. The zero-order valence-corrected chi connectivity index (χ0v) is 16.0. The molecule has 150 valence electrons. The van der Waals surface area contributed by atoms with Crippen molar-refractivity contribution in [2.75, 3.05) is 6.54 Å². The molecule has 2 N–H and O–H groups in total. The van der Waals surface area contributed by atoms with E-state index in [2.05, 4.69) is 32.5 Å². The Balaban J connectivity index is 1.65. The molecule has 0 atom stereocenters. The molecule has 2 aromatic heterocycles. The predicted octanol–water partition coefficient (Wildman–Crippen LogP) is 3.23. The maximum Gasteiger partial charge on any atom is 0.416 e. The molecule has 1 amide bonds. The Bertz CT molecular complexity index is 1120. The number of nitrogens with zero attached hydrogens (tertiary/aromatic N) is 3. The van der Waals surface area contributed by atoms with Crippen LogP contribution in [0, 0.1) is 25.7 Å². The summed E-state index contributed by atoms with van der Waals surface area (Å²) in [4.78, 5) is 12.2. The van der Waals surface area contributed by atoms with E-state index in [1.165, 1.54) is 12.1 Å². The molecule has 0 unspecified atom stereocenters. The molecule has 1 aromatic carbocycles. The maximum absolute atomic E-state index is 12.7. The highest BCUT2D eigenvalue weighted by Gasteiger charge is 2.30. The monoisotopic (exact) mass is 401 g/mol. The van der Waals surface area contributed by atoms with Crippen LogP contribution in [0.15, 0.2) is 30.3 Å². The number of amides is 1. The number of alkyl halides is 3. The molecule has 0 spiro atoms. The zero-order chi connectivity index (χ0) is 21.2. The fourth-order valence-corrected chi connectivity index (χ4v) is 2.85. The topological polar surface area (TPSA) is 75.6 Å². The van der Waals surface area contributed by atoms with Gasteiger partial charge in [0.2, 0.25) is 0 Å². The first-order valence-electron chi connectivity index (χ1n) is 8.67. The van der Waals surface area contributed by atoms with E-state index in [0.29, 0.717) is 5.69 Å². The largest absolute Gasteiger partial charge is 0.416 e. The summed E-state index contributed by atoms with van der Waals surface area (Å²) in [5, 5.41) is 13.8. The van der Waals surface area contributed by atoms with Crippen molar-refractivity contribution in [1.29, 1.82) is 0 Å². The summed E-state index contributed by atoms with van der Waals surface area (Å²) < 4.78 is 39.9. The predicted molar refractivity (Wildman–Crippen MR) is 101 cm³/mol. The Morgan fingerprint density at radius 2 is 2.03 bits per heavy atom. The minimum Gasteiger partial charge on any atom is -0.340 e. The number of nitrogens with one attached hydrogen (secondary N) is 2. The third-order valence-corrected chi connectivity index (χ3v) is 4.35. The van der Waals surface area contributed by atoms with Gasteiger partial charge in [-0.25, -0.2) is 0 Å². The van der Waals surface area contributed by atoms with Crippen LogP contribution in [0.1, 0.15) is 33.0 Å². The minimum atomic E-state index is -4.42. The first kappa shape index (κ1) is 20.2. The Hall–Kier alpha value is -3.54. The molecule has 0 aliphatic carbocycles. The lowest BCUT2D eigenvalue weighted by atomic mass is 10.1. The van der Waals surface area contributed by atoms with Crippen LogP contribution in [0.4, 0.5) is 13.2 Å². The Morgan fingerprint density at radius 1 is 1.28 bits per heavy atom. The van der Waals surface area contributed by atoms with Gasteiger partial charge in [0.15, 0.2) is 0 Å². The number of carbonyl (C=O) groups excluding carboxylic acids is 1. The molecule has 0 bridgehead atoms. The molecule has 6 nitrogen and oxygen atoms in total. The normalized spacial score (nSPS) is 11.1. The summed E-state index contributed by atoms with van der Waals surface area (Å²) in [5.41, 5.74) is 2.90. The highest BCUT2D eigenvalue weighted by molar-refractivity contribution is 5.93. The lowest BCUT2D eigenvalue weighted by Crippen LogP contribution is -2.23. The smallest absolute Gasteiger partial charge is 0.340 e. The minimum absolute atomic E-state index is 0.0195. The summed E-state index contributed by atoms with van der Waals surface area (Å²) in [7, 11) is 1.83. The van der Waals surface area contributed by atoms with E-state index in [4.69, 9.17) is 0 Å². The summed E-state index contributed by atoms with van der Waals surface area (Å²) in [5.74, 6) is 4.84. The molecule has 0 saturated heterocycles. The Kier molecular flexibility index (Phi) is 5.46. The number of carbonyl (C=O) groups is 1. The van der Waals surface area contributed by atoms with Crippen LogP contribution in [0.2, 0.25) is 0 Å². The van der Waals surface area contributed by atoms with E-state index in [-0.39, 0.29) is 17.8 Å². The average molecular weight is 401 g/mol. The van der Waals surface area contributed by atoms with E-state index in [0.717, 1.165) is 29.1 Å². The first-order chi connectivity index (χ1) is 13.7. The molecule has 0 aliphatic heterocycles. The van der Waals surface area contributed by atoms with Gasteiger partial charge in [-0.3, -0.25) is 14.6 Å². The summed E-state index contributed by atoms with van der Waals surface area (Å²) >= 11 is 0. The third-order valence-electron chi connectivity index (χ3n) is 4.35. The number of benzene rings is 1. The molecule has 29 heavy (non-hydrogen) atoms. The number of aromatic amines is 1. The van der Waals surface area contributed by atoms with Crippen molar-refractivity contribution in [3.05, 3.63) is 58.5 Å².